The summed E-state index contributed by atoms with van der Waals surface area (Å²) in [5.74, 6) is 1.48. The smallest absolute Gasteiger partial charge is 0.228 e. The van der Waals surface area contributed by atoms with Crippen LogP contribution in [0, 0.1) is 11.3 Å². The second-order valence-electron chi connectivity index (χ2n) is 10.2. The van der Waals surface area contributed by atoms with Crippen molar-refractivity contribution >= 4 is 22.8 Å². The maximum Gasteiger partial charge on any atom is 0.228 e. The van der Waals surface area contributed by atoms with Gasteiger partial charge >= 0.3 is 0 Å². The van der Waals surface area contributed by atoms with Crippen LogP contribution in [0.25, 0.3) is 10.9 Å². The Labute approximate surface area is 201 Å². The molecule has 2 saturated heterocycles. The highest BCUT2D eigenvalue weighted by Gasteiger charge is 2.41. The molecule has 2 fully saturated rings. The first-order valence-electron chi connectivity index (χ1n) is 12.3. The van der Waals surface area contributed by atoms with Gasteiger partial charge in [-0.1, -0.05) is 19.1 Å². The summed E-state index contributed by atoms with van der Waals surface area (Å²) >= 11 is 0. The fraction of sp³-hybridized carbons (Fsp3) is 0.481. The highest BCUT2D eigenvalue weighted by atomic mass is 16.2. The highest BCUT2D eigenvalue weighted by molar-refractivity contribution is 5.83. The van der Waals surface area contributed by atoms with Crippen LogP contribution in [0.2, 0.25) is 0 Å². The van der Waals surface area contributed by atoms with E-state index in [9.17, 15) is 4.79 Å². The van der Waals surface area contributed by atoms with Crippen LogP contribution >= 0.6 is 0 Å². The Bertz CT molecular complexity index is 1130. The molecule has 0 aliphatic carbocycles. The molecule has 1 aromatic carbocycles. The summed E-state index contributed by atoms with van der Waals surface area (Å²) in [6.07, 6.45) is 8.03. The molecule has 7 nitrogen and oxygen atoms in total. The summed E-state index contributed by atoms with van der Waals surface area (Å²) in [5.41, 5.74) is 2.02. The normalized spacial score (nSPS) is 21.4. The minimum atomic E-state index is -0.326. The number of hydrogen-bond acceptors (Lipinski definition) is 6. The van der Waals surface area contributed by atoms with Crippen LogP contribution in [0.4, 0.5) is 5.95 Å². The summed E-state index contributed by atoms with van der Waals surface area (Å²) < 4.78 is 0. The van der Waals surface area contributed by atoms with E-state index in [2.05, 4.69) is 67.9 Å². The number of fused-ring (bicyclic) bond motifs is 1. The van der Waals surface area contributed by atoms with Gasteiger partial charge < -0.3 is 14.7 Å². The standard InChI is InChI=1S/C27H34N6O/c1-27(8-13-32(14-9-27)26-29-11-4-12-30-26)25(34)33-16-15-31(2)19-22(20-33)17-21-6-7-24-23(18-21)5-3-10-28-24/h3-7,10-12,18,22H,8-9,13-17,19-20H2,1-2H3. The lowest BCUT2D eigenvalue weighted by atomic mass is 9.79. The van der Waals surface area contributed by atoms with Crippen molar-refractivity contribution in [3.05, 3.63) is 60.6 Å². The van der Waals surface area contributed by atoms with Crippen LogP contribution in [0.15, 0.2) is 55.0 Å². The van der Waals surface area contributed by atoms with Gasteiger partial charge in [0.1, 0.15) is 0 Å². The molecule has 5 rings (SSSR count). The maximum absolute atomic E-state index is 13.8. The summed E-state index contributed by atoms with van der Waals surface area (Å²) in [6, 6.07) is 12.5. The van der Waals surface area contributed by atoms with Crippen molar-refractivity contribution in [2.45, 2.75) is 26.2 Å². The largest absolute Gasteiger partial charge is 0.341 e. The molecule has 1 amide bonds. The quantitative estimate of drug-likeness (QED) is 0.598. The molecule has 4 heterocycles. The number of benzene rings is 1. The van der Waals surface area contributed by atoms with Crippen molar-refractivity contribution in [3.8, 4) is 0 Å². The van der Waals surface area contributed by atoms with E-state index in [4.69, 9.17) is 0 Å². The van der Waals surface area contributed by atoms with Crippen molar-refractivity contribution < 1.29 is 4.79 Å². The fourth-order valence-electron chi connectivity index (χ4n) is 5.43. The Morgan fingerprint density at radius 3 is 2.53 bits per heavy atom. The Kier molecular flexibility index (Phi) is 6.46. The summed E-state index contributed by atoms with van der Waals surface area (Å²) in [6.45, 7) is 7.32. The molecule has 3 aromatic rings. The second-order valence-corrected chi connectivity index (χ2v) is 10.2. The second kappa shape index (κ2) is 9.66. The van der Waals surface area contributed by atoms with Crippen LogP contribution in [0.5, 0.6) is 0 Å². The number of carbonyl (C=O) groups excluding carboxylic acids is 1. The van der Waals surface area contributed by atoms with Gasteiger partial charge in [0.25, 0.3) is 0 Å². The van der Waals surface area contributed by atoms with Gasteiger partial charge in [-0.3, -0.25) is 9.78 Å². The first kappa shape index (κ1) is 22.7. The fourth-order valence-corrected chi connectivity index (χ4v) is 5.43. The first-order valence-corrected chi connectivity index (χ1v) is 12.3. The Morgan fingerprint density at radius 2 is 1.74 bits per heavy atom. The number of amides is 1. The van der Waals surface area contributed by atoms with Crippen LogP contribution in [-0.2, 0) is 11.2 Å². The van der Waals surface area contributed by atoms with Gasteiger partial charge in [0.05, 0.1) is 5.52 Å². The molecule has 0 N–H and O–H groups in total. The minimum absolute atomic E-state index is 0.309. The number of piperidine rings is 1. The molecule has 2 aliphatic heterocycles. The number of nitrogens with zero attached hydrogens (tertiary/aromatic N) is 6. The average Bonchev–Trinajstić information content (AvgIpc) is 3.05. The molecule has 2 aliphatic rings. The minimum Gasteiger partial charge on any atom is -0.341 e. The molecule has 1 unspecified atom stereocenters. The number of anilines is 1. The predicted molar refractivity (Wildman–Crippen MR) is 135 cm³/mol. The van der Waals surface area contributed by atoms with Gasteiger partial charge in [0.15, 0.2) is 0 Å². The number of hydrogen-bond donors (Lipinski definition) is 0. The lowest BCUT2D eigenvalue weighted by Gasteiger charge is -2.41. The molecule has 7 heteroatoms. The number of pyridine rings is 1. The van der Waals surface area contributed by atoms with Gasteiger partial charge in [-0.15, -0.1) is 0 Å². The molecule has 2 aromatic heterocycles. The van der Waals surface area contributed by atoms with Gasteiger partial charge in [0.2, 0.25) is 11.9 Å². The van der Waals surface area contributed by atoms with E-state index in [1.54, 1.807) is 12.4 Å². The Hall–Kier alpha value is -3.06. The van der Waals surface area contributed by atoms with Gasteiger partial charge in [-0.2, -0.15) is 0 Å². The highest BCUT2D eigenvalue weighted by Crippen LogP contribution is 2.35. The van der Waals surface area contributed by atoms with E-state index >= 15 is 0 Å². The van der Waals surface area contributed by atoms with Gasteiger partial charge in [-0.25, -0.2) is 9.97 Å². The predicted octanol–water partition coefficient (Wildman–Crippen LogP) is 3.26. The molecule has 1 atom stereocenters. The van der Waals surface area contributed by atoms with Crippen LogP contribution in [-0.4, -0.2) is 77.0 Å². The van der Waals surface area contributed by atoms with Gasteiger partial charge in [-0.05, 0) is 62.1 Å². The van der Waals surface area contributed by atoms with E-state index in [0.717, 1.165) is 70.0 Å². The molecule has 0 spiro atoms. The van der Waals surface area contributed by atoms with Crippen molar-refractivity contribution in [1.82, 2.24) is 24.8 Å². The molecule has 34 heavy (non-hydrogen) atoms. The number of likely N-dealkylation sites (N-methyl/N-ethyl adjacent to an activating group) is 1. The summed E-state index contributed by atoms with van der Waals surface area (Å²) in [4.78, 5) is 33.7. The van der Waals surface area contributed by atoms with Crippen molar-refractivity contribution in [2.24, 2.45) is 11.3 Å². The van der Waals surface area contributed by atoms with Crippen LogP contribution in [0.1, 0.15) is 25.3 Å². The summed E-state index contributed by atoms with van der Waals surface area (Å²) in [5, 5.41) is 1.18. The molecule has 0 saturated carbocycles. The van der Waals surface area contributed by atoms with E-state index < -0.39 is 0 Å². The molecule has 0 radical (unpaired) electrons. The van der Waals surface area contributed by atoms with Crippen LogP contribution < -0.4 is 4.90 Å². The lowest BCUT2D eigenvalue weighted by Crippen LogP contribution is -2.50. The van der Waals surface area contributed by atoms with Crippen molar-refractivity contribution in [3.63, 3.8) is 0 Å². The molecule has 178 valence electrons. The summed E-state index contributed by atoms with van der Waals surface area (Å²) in [7, 11) is 2.17. The third kappa shape index (κ3) is 4.89. The molecular formula is C27H34N6O. The third-order valence-electron chi connectivity index (χ3n) is 7.50. The Balaban J connectivity index is 1.26. The number of carbonyl (C=O) groups is 1. The topological polar surface area (TPSA) is 65.5 Å². The first-order chi connectivity index (χ1) is 16.5. The van der Waals surface area contributed by atoms with E-state index in [0.29, 0.717) is 11.8 Å². The number of rotatable bonds is 4. The van der Waals surface area contributed by atoms with Gasteiger partial charge in [0, 0.05) is 68.7 Å². The molecule has 0 bridgehead atoms. The van der Waals surface area contributed by atoms with Crippen molar-refractivity contribution in [1.29, 1.82) is 0 Å². The lowest BCUT2D eigenvalue weighted by molar-refractivity contribution is -0.142. The average molecular weight is 459 g/mol. The zero-order valence-corrected chi connectivity index (χ0v) is 20.2. The van der Waals surface area contributed by atoms with E-state index in [-0.39, 0.29) is 5.41 Å². The molecular weight excluding hydrogens is 424 g/mol. The SMILES string of the molecule is CN1CCN(C(=O)C2(C)CCN(c3ncccn3)CC2)CC(Cc2ccc3ncccc3c2)C1. The number of aromatic nitrogens is 3. The third-order valence-corrected chi connectivity index (χ3v) is 7.50. The zero-order valence-electron chi connectivity index (χ0n) is 20.2. The van der Waals surface area contributed by atoms with Crippen LogP contribution in [0.3, 0.4) is 0 Å². The monoisotopic (exact) mass is 458 g/mol. The maximum atomic E-state index is 13.8. The van der Waals surface area contributed by atoms with Crippen molar-refractivity contribution in [2.75, 3.05) is 51.2 Å². The zero-order chi connectivity index (χ0) is 23.5. The van der Waals surface area contributed by atoms with E-state index in [1.165, 1.54) is 10.9 Å². The Morgan fingerprint density at radius 1 is 0.971 bits per heavy atom. The van der Waals surface area contributed by atoms with E-state index in [1.807, 2.05) is 18.3 Å².